The largest absolute Gasteiger partial charge is 0.393 e. The second kappa shape index (κ2) is 4.73. The highest BCUT2D eigenvalue weighted by atomic mass is 16.3. The molecule has 0 aromatic rings. The van der Waals surface area contributed by atoms with Crippen LogP contribution in [0.2, 0.25) is 0 Å². The van der Waals surface area contributed by atoms with Crippen LogP contribution < -0.4 is 5.73 Å². The fourth-order valence-electron chi connectivity index (χ4n) is 1.16. The van der Waals surface area contributed by atoms with Gasteiger partial charge in [0.15, 0.2) is 0 Å². The average Bonchev–Trinajstić information content (AvgIpc) is 1.79. The molecule has 0 rings (SSSR count). The van der Waals surface area contributed by atoms with Gasteiger partial charge in [-0.1, -0.05) is 20.8 Å². The maximum Gasteiger partial charge on any atom is 0.0545 e. The topological polar surface area (TPSA) is 46.2 Å². The van der Waals surface area contributed by atoms with Crippen molar-refractivity contribution in [3.8, 4) is 0 Å². The first-order valence-corrected chi connectivity index (χ1v) is 4.34. The van der Waals surface area contributed by atoms with E-state index in [1.54, 1.807) is 0 Å². The Morgan fingerprint density at radius 3 is 2.27 bits per heavy atom. The number of rotatable bonds is 4. The molecule has 2 heteroatoms. The van der Waals surface area contributed by atoms with Gasteiger partial charge in [-0.2, -0.15) is 0 Å². The molecule has 0 aliphatic carbocycles. The molecule has 0 saturated carbocycles. The summed E-state index contributed by atoms with van der Waals surface area (Å²) in [5.74, 6) is 0. The molecule has 68 valence electrons. The molecule has 0 aromatic carbocycles. The molecule has 2 nitrogen and oxygen atoms in total. The van der Waals surface area contributed by atoms with Crippen LogP contribution in [-0.4, -0.2) is 17.8 Å². The van der Waals surface area contributed by atoms with Gasteiger partial charge in [0, 0.05) is 0 Å². The number of hydrogen-bond donors (Lipinski definition) is 2. The van der Waals surface area contributed by atoms with E-state index in [-0.39, 0.29) is 11.5 Å². The summed E-state index contributed by atoms with van der Waals surface area (Å²) in [7, 11) is 0. The third kappa shape index (κ3) is 7.82. The number of hydrogen-bond acceptors (Lipinski definition) is 2. The first-order valence-electron chi connectivity index (χ1n) is 4.34. The molecule has 1 unspecified atom stereocenters. The van der Waals surface area contributed by atoms with Crippen LogP contribution in [0.25, 0.3) is 0 Å². The number of nitrogens with two attached hydrogens (primary N) is 1. The van der Waals surface area contributed by atoms with Crippen molar-refractivity contribution in [2.24, 2.45) is 11.1 Å². The van der Waals surface area contributed by atoms with Gasteiger partial charge in [0.05, 0.1) is 6.10 Å². The van der Waals surface area contributed by atoms with E-state index < -0.39 is 0 Å². The van der Waals surface area contributed by atoms with E-state index in [1.165, 1.54) is 0 Å². The van der Waals surface area contributed by atoms with Crippen LogP contribution in [0.5, 0.6) is 0 Å². The second-order valence-corrected chi connectivity index (χ2v) is 4.35. The lowest BCUT2D eigenvalue weighted by Crippen LogP contribution is -2.18. The van der Waals surface area contributed by atoms with E-state index in [9.17, 15) is 5.11 Å². The number of aliphatic hydroxyl groups excluding tert-OH is 1. The Kier molecular flexibility index (Phi) is 4.69. The minimum atomic E-state index is -0.168. The third-order valence-corrected chi connectivity index (χ3v) is 1.59. The summed E-state index contributed by atoms with van der Waals surface area (Å²) in [4.78, 5) is 0. The van der Waals surface area contributed by atoms with E-state index in [1.807, 2.05) is 0 Å². The van der Waals surface area contributed by atoms with Gasteiger partial charge >= 0.3 is 0 Å². The van der Waals surface area contributed by atoms with E-state index in [0.29, 0.717) is 6.54 Å². The van der Waals surface area contributed by atoms with Gasteiger partial charge in [-0.25, -0.2) is 0 Å². The Labute approximate surface area is 69.8 Å². The van der Waals surface area contributed by atoms with Crippen molar-refractivity contribution in [1.29, 1.82) is 0 Å². The molecule has 0 heterocycles. The minimum Gasteiger partial charge on any atom is -0.393 e. The molecular formula is C9H21NO. The molecule has 0 amide bonds. The molecule has 0 fully saturated rings. The summed E-state index contributed by atoms with van der Waals surface area (Å²) in [6.45, 7) is 7.09. The first kappa shape index (κ1) is 10.9. The fraction of sp³-hybridized carbons (Fsp3) is 1.00. The second-order valence-electron chi connectivity index (χ2n) is 4.35. The zero-order valence-electron chi connectivity index (χ0n) is 7.93. The SMILES string of the molecule is CC(C)(C)CC(O)CCCN. The molecule has 0 saturated heterocycles. The van der Waals surface area contributed by atoms with Crippen molar-refractivity contribution >= 4 is 0 Å². The minimum absolute atomic E-state index is 0.168. The summed E-state index contributed by atoms with van der Waals surface area (Å²) in [5, 5.41) is 9.46. The number of aliphatic hydroxyl groups is 1. The zero-order valence-corrected chi connectivity index (χ0v) is 7.93. The predicted molar refractivity (Wildman–Crippen MR) is 48.4 cm³/mol. The fourth-order valence-corrected chi connectivity index (χ4v) is 1.16. The lowest BCUT2D eigenvalue weighted by molar-refractivity contribution is 0.111. The van der Waals surface area contributed by atoms with Crippen LogP contribution in [0.1, 0.15) is 40.0 Å². The Bertz CT molecular complexity index is 96.2. The van der Waals surface area contributed by atoms with E-state index >= 15 is 0 Å². The molecule has 0 aliphatic heterocycles. The summed E-state index contributed by atoms with van der Waals surface area (Å²) in [6, 6.07) is 0. The van der Waals surface area contributed by atoms with Gasteiger partial charge in [0.2, 0.25) is 0 Å². The Balaban J connectivity index is 3.44. The van der Waals surface area contributed by atoms with Crippen LogP contribution >= 0.6 is 0 Å². The van der Waals surface area contributed by atoms with Crippen LogP contribution in [-0.2, 0) is 0 Å². The highest BCUT2D eigenvalue weighted by molar-refractivity contribution is 4.67. The van der Waals surface area contributed by atoms with Crippen LogP contribution in [0, 0.1) is 5.41 Å². The van der Waals surface area contributed by atoms with Crippen molar-refractivity contribution < 1.29 is 5.11 Å². The Morgan fingerprint density at radius 1 is 1.36 bits per heavy atom. The van der Waals surface area contributed by atoms with Gasteiger partial charge < -0.3 is 10.8 Å². The van der Waals surface area contributed by atoms with Gasteiger partial charge in [0.1, 0.15) is 0 Å². The summed E-state index contributed by atoms with van der Waals surface area (Å²) in [5.41, 5.74) is 5.56. The Hall–Kier alpha value is -0.0800. The van der Waals surface area contributed by atoms with Crippen molar-refractivity contribution in [1.82, 2.24) is 0 Å². The molecule has 0 spiro atoms. The molecule has 1 atom stereocenters. The van der Waals surface area contributed by atoms with E-state index in [4.69, 9.17) is 5.73 Å². The Morgan fingerprint density at radius 2 is 1.91 bits per heavy atom. The van der Waals surface area contributed by atoms with Gasteiger partial charge in [-0.3, -0.25) is 0 Å². The molecule has 0 aliphatic rings. The molecule has 0 aromatic heterocycles. The average molecular weight is 159 g/mol. The monoisotopic (exact) mass is 159 g/mol. The summed E-state index contributed by atoms with van der Waals surface area (Å²) in [6.07, 6.45) is 2.47. The molecule has 0 radical (unpaired) electrons. The molecule has 3 N–H and O–H groups in total. The summed E-state index contributed by atoms with van der Waals surface area (Å²) < 4.78 is 0. The smallest absolute Gasteiger partial charge is 0.0545 e. The van der Waals surface area contributed by atoms with Gasteiger partial charge in [-0.05, 0) is 31.2 Å². The van der Waals surface area contributed by atoms with Crippen molar-refractivity contribution in [3.63, 3.8) is 0 Å². The molecular weight excluding hydrogens is 138 g/mol. The lowest BCUT2D eigenvalue weighted by atomic mass is 9.88. The van der Waals surface area contributed by atoms with Crippen LogP contribution in [0.15, 0.2) is 0 Å². The van der Waals surface area contributed by atoms with E-state index in [2.05, 4.69) is 20.8 Å². The maximum atomic E-state index is 9.46. The van der Waals surface area contributed by atoms with Crippen molar-refractivity contribution in [2.75, 3.05) is 6.54 Å². The van der Waals surface area contributed by atoms with Gasteiger partial charge in [-0.15, -0.1) is 0 Å². The highest BCUT2D eigenvalue weighted by Crippen LogP contribution is 2.22. The molecule has 0 bridgehead atoms. The molecule has 11 heavy (non-hydrogen) atoms. The van der Waals surface area contributed by atoms with Crippen LogP contribution in [0.4, 0.5) is 0 Å². The van der Waals surface area contributed by atoms with Crippen molar-refractivity contribution in [2.45, 2.75) is 46.1 Å². The summed E-state index contributed by atoms with van der Waals surface area (Å²) >= 11 is 0. The lowest BCUT2D eigenvalue weighted by Gasteiger charge is -2.21. The standard InChI is InChI=1S/C9H21NO/c1-9(2,3)7-8(11)5-4-6-10/h8,11H,4-7,10H2,1-3H3. The zero-order chi connectivity index (χ0) is 8.91. The predicted octanol–water partition coefficient (Wildman–Crippen LogP) is 1.52. The highest BCUT2D eigenvalue weighted by Gasteiger charge is 2.15. The maximum absolute atomic E-state index is 9.46. The van der Waals surface area contributed by atoms with Gasteiger partial charge in [0.25, 0.3) is 0 Å². The van der Waals surface area contributed by atoms with Crippen molar-refractivity contribution in [3.05, 3.63) is 0 Å². The normalized spacial score (nSPS) is 15.0. The quantitative estimate of drug-likeness (QED) is 0.653. The first-order chi connectivity index (χ1) is 4.95. The van der Waals surface area contributed by atoms with E-state index in [0.717, 1.165) is 19.3 Å². The van der Waals surface area contributed by atoms with Crippen LogP contribution in [0.3, 0.4) is 0 Å². The third-order valence-electron chi connectivity index (χ3n) is 1.59.